The normalized spacial score (nSPS) is 13.6. The average molecular weight is 369 g/mol. The third kappa shape index (κ3) is 5.40. The summed E-state index contributed by atoms with van der Waals surface area (Å²) in [5.41, 5.74) is 3.61. The van der Waals surface area contributed by atoms with Crippen LogP contribution in [0.1, 0.15) is 37.6 Å². The zero-order valence-corrected chi connectivity index (χ0v) is 16.4. The number of aromatic nitrogens is 2. The topological polar surface area (TPSA) is 79.4 Å². The van der Waals surface area contributed by atoms with Gasteiger partial charge in [-0.05, 0) is 57.0 Å². The van der Waals surface area contributed by atoms with Gasteiger partial charge in [0.15, 0.2) is 0 Å². The Kier molecular flexibility index (Phi) is 5.60. The second kappa shape index (κ2) is 7.92. The van der Waals surface area contributed by atoms with E-state index >= 15 is 0 Å². The summed E-state index contributed by atoms with van der Waals surface area (Å²) in [5.74, 6) is 0.579. The van der Waals surface area contributed by atoms with Crippen LogP contribution < -0.4 is 10.6 Å². The lowest BCUT2D eigenvalue weighted by atomic mass is 10.1. The third-order valence-corrected chi connectivity index (χ3v) is 4.13. The highest BCUT2D eigenvalue weighted by Gasteiger charge is 2.19. The lowest BCUT2D eigenvalue weighted by molar-refractivity contribution is 0.0285. The number of nitrogens with zero attached hydrogens (tertiary/aromatic N) is 3. The van der Waals surface area contributed by atoms with E-state index in [4.69, 9.17) is 4.74 Å². The first-order valence-corrected chi connectivity index (χ1v) is 9.16. The van der Waals surface area contributed by atoms with Crippen molar-refractivity contribution < 1.29 is 9.53 Å². The summed E-state index contributed by atoms with van der Waals surface area (Å²) in [5, 5.41) is 6.57. The van der Waals surface area contributed by atoms with Gasteiger partial charge in [0, 0.05) is 32.0 Å². The number of hydrogen-bond acceptors (Lipinski definition) is 6. The molecule has 0 fully saturated rings. The second-order valence-electron chi connectivity index (χ2n) is 7.75. The van der Waals surface area contributed by atoms with E-state index in [1.54, 1.807) is 11.9 Å². The van der Waals surface area contributed by atoms with Gasteiger partial charge in [0.25, 0.3) is 0 Å². The van der Waals surface area contributed by atoms with Crippen LogP contribution >= 0.6 is 0 Å². The van der Waals surface area contributed by atoms with Crippen LogP contribution in [0.4, 0.5) is 16.4 Å². The van der Waals surface area contributed by atoms with Crippen molar-refractivity contribution in [1.82, 2.24) is 20.2 Å². The monoisotopic (exact) mass is 369 g/mol. The Labute approximate surface area is 160 Å². The highest BCUT2D eigenvalue weighted by atomic mass is 16.6. The summed E-state index contributed by atoms with van der Waals surface area (Å²) in [6.45, 7) is 7.77. The molecule has 0 spiro atoms. The molecule has 0 bridgehead atoms. The quantitative estimate of drug-likeness (QED) is 0.861. The molecule has 1 aromatic carbocycles. The van der Waals surface area contributed by atoms with Crippen molar-refractivity contribution in [1.29, 1.82) is 0 Å². The molecule has 1 aliphatic heterocycles. The Morgan fingerprint density at radius 3 is 2.96 bits per heavy atom. The second-order valence-corrected chi connectivity index (χ2v) is 7.75. The maximum Gasteiger partial charge on any atom is 0.410 e. The van der Waals surface area contributed by atoms with Crippen LogP contribution in [0.25, 0.3) is 0 Å². The van der Waals surface area contributed by atoms with Crippen molar-refractivity contribution >= 4 is 17.7 Å². The molecule has 2 heterocycles. The molecule has 144 valence electrons. The van der Waals surface area contributed by atoms with Gasteiger partial charge in [0.2, 0.25) is 5.95 Å². The number of amides is 1. The van der Waals surface area contributed by atoms with Crippen LogP contribution in [0.5, 0.6) is 0 Å². The van der Waals surface area contributed by atoms with E-state index in [2.05, 4.69) is 20.6 Å². The molecular weight excluding hydrogens is 342 g/mol. The summed E-state index contributed by atoms with van der Waals surface area (Å²) in [6.07, 6.45) is 2.51. The minimum absolute atomic E-state index is 0.341. The molecule has 7 heteroatoms. The van der Waals surface area contributed by atoms with Gasteiger partial charge >= 0.3 is 6.09 Å². The van der Waals surface area contributed by atoms with Gasteiger partial charge in [-0.15, -0.1) is 0 Å². The molecule has 0 unspecified atom stereocenters. The number of carbonyl (C=O) groups is 1. The molecule has 1 aliphatic rings. The molecule has 0 atom stereocenters. The first-order chi connectivity index (χ1) is 12.8. The number of rotatable bonds is 4. The van der Waals surface area contributed by atoms with Gasteiger partial charge in [-0.3, -0.25) is 0 Å². The van der Waals surface area contributed by atoms with Crippen LogP contribution in [-0.4, -0.2) is 40.2 Å². The van der Waals surface area contributed by atoms with Crippen molar-refractivity contribution in [3.63, 3.8) is 0 Å². The SMILES string of the molecule is CN(Cc1cccc(Nc2ncc3c(n2)CNCC3)c1)C(=O)OC(C)(C)C. The van der Waals surface area contributed by atoms with Gasteiger partial charge in [0.1, 0.15) is 5.60 Å². The summed E-state index contributed by atoms with van der Waals surface area (Å²) in [4.78, 5) is 22.7. The number of fused-ring (bicyclic) bond motifs is 1. The third-order valence-electron chi connectivity index (χ3n) is 4.13. The van der Waals surface area contributed by atoms with Crippen molar-refractivity contribution in [2.45, 2.75) is 45.9 Å². The Balaban J connectivity index is 1.66. The number of benzene rings is 1. The van der Waals surface area contributed by atoms with E-state index in [9.17, 15) is 4.79 Å². The first kappa shape index (κ1) is 19.1. The Hall–Kier alpha value is -2.67. The molecule has 2 aromatic rings. The average Bonchev–Trinajstić information content (AvgIpc) is 2.60. The van der Waals surface area contributed by atoms with E-state index in [1.807, 2.05) is 51.2 Å². The molecule has 0 aliphatic carbocycles. The number of nitrogens with one attached hydrogen (secondary N) is 2. The number of hydrogen-bond donors (Lipinski definition) is 2. The van der Waals surface area contributed by atoms with Crippen LogP contribution in [-0.2, 0) is 24.2 Å². The van der Waals surface area contributed by atoms with Crippen molar-refractivity contribution in [2.75, 3.05) is 18.9 Å². The fraction of sp³-hybridized carbons (Fsp3) is 0.450. The highest BCUT2D eigenvalue weighted by Crippen LogP contribution is 2.19. The lowest BCUT2D eigenvalue weighted by Gasteiger charge is -2.24. The minimum Gasteiger partial charge on any atom is -0.444 e. The summed E-state index contributed by atoms with van der Waals surface area (Å²) >= 11 is 0. The van der Waals surface area contributed by atoms with Gasteiger partial charge in [0.05, 0.1) is 5.69 Å². The number of ether oxygens (including phenoxy) is 1. The molecule has 0 saturated heterocycles. The van der Waals surface area contributed by atoms with Gasteiger partial charge < -0.3 is 20.3 Å². The first-order valence-electron chi connectivity index (χ1n) is 9.16. The largest absolute Gasteiger partial charge is 0.444 e. The molecule has 0 radical (unpaired) electrons. The van der Waals surface area contributed by atoms with Crippen LogP contribution in [0.2, 0.25) is 0 Å². The van der Waals surface area contributed by atoms with E-state index in [0.717, 1.165) is 36.5 Å². The van der Waals surface area contributed by atoms with Crippen molar-refractivity contribution in [2.24, 2.45) is 0 Å². The molecule has 2 N–H and O–H groups in total. The van der Waals surface area contributed by atoms with Gasteiger partial charge in [-0.25, -0.2) is 14.8 Å². The van der Waals surface area contributed by atoms with Crippen molar-refractivity contribution in [3.8, 4) is 0 Å². The standard InChI is InChI=1S/C20H27N5O2/c1-20(2,3)27-19(26)25(4)13-14-6-5-7-16(10-14)23-18-22-11-15-8-9-21-12-17(15)24-18/h5-7,10-11,21H,8-9,12-13H2,1-4H3,(H,22,23,24). The predicted octanol–water partition coefficient (Wildman–Crippen LogP) is 3.23. The molecule has 1 aromatic heterocycles. The number of anilines is 2. The maximum absolute atomic E-state index is 12.1. The smallest absolute Gasteiger partial charge is 0.410 e. The van der Waals surface area contributed by atoms with Gasteiger partial charge in [-0.1, -0.05) is 12.1 Å². The van der Waals surface area contributed by atoms with Crippen molar-refractivity contribution in [3.05, 3.63) is 47.3 Å². The molecule has 27 heavy (non-hydrogen) atoms. The van der Waals surface area contributed by atoms with Crippen LogP contribution in [0, 0.1) is 0 Å². The molecule has 3 rings (SSSR count). The molecule has 0 saturated carbocycles. The highest BCUT2D eigenvalue weighted by molar-refractivity contribution is 5.68. The van der Waals surface area contributed by atoms with E-state index in [-0.39, 0.29) is 6.09 Å². The summed E-state index contributed by atoms with van der Waals surface area (Å²) < 4.78 is 5.40. The fourth-order valence-corrected chi connectivity index (χ4v) is 2.85. The Morgan fingerprint density at radius 1 is 1.37 bits per heavy atom. The van der Waals surface area contributed by atoms with Crippen LogP contribution in [0.3, 0.4) is 0 Å². The van der Waals surface area contributed by atoms with E-state index in [1.165, 1.54) is 5.56 Å². The zero-order chi connectivity index (χ0) is 19.4. The summed E-state index contributed by atoms with van der Waals surface area (Å²) in [7, 11) is 1.73. The zero-order valence-electron chi connectivity index (χ0n) is 16.4. The maximum atomic E-state index is 12.1. The lowest BCUT2D eigenvalue weighted by Crippen LogP contribution is -2.33. The Morgan fingerprint density at radius 2 is 2.19 bits per heavy atom. The van der Waals surface area contributed by atoms with E-state index in [0.29, 0.717) is 12.5 Å². The van der Waals surface area contributed by atoms with Crippen LogP contribution in [0.15, 0.2) is 30.5 Å². The van der Waals surface area contributed by atoms with Gasteiger partial charge in [-0.2, -0.15) is 0 Å². The minimum atomic E-state index is -0.507. The van der Waals surface area contributed by atoms with E-state index < -0.39 is 5.60 Å². The molecule has 7 nitrogen and oxygen atoms in total. The molecular formula is C20H27N5O2. The molecule has 1 amide bonds. The fourth-order valence-electron chi connectivity index (χ4n) is 2.85. The summed E-state index contributed by atoms with van der Waals surface area (Å²) in [6, 6.07) is 7.87. The number of carbonyl (C=O) groups excluding carboxylic acids is 1. The predicted molar refractivity (Wildman–Crippen MR) is 105 cm³/mol. The Bertz CT molecular complexity index is 816.